The predicted octanol–water partition coefficient (Wildman–Crippen LogP) is 17.5. The Kier molecular flexibility index (Phi) is 12.9. The molecule has 0 nitrogen and oxygen atoms in total. The largest absolute Gasteiger partial charge is 0.0594 e. The third-order valence-corrected chi connectivity index (χ3v) is 24.0. The van der Waals surface area contributed by atoms with Crippen molar-refractivity contribution < 1.29 is 0 Å². The van der Waals surface area contributed by atoms with Crippen molar-refractivity contribution in [2.75, 3.05) is 0 Å². The van der Waals surface area contributed by atoms with E-state index in [0.717, 1.165) is 107 Å². The summed E-state index contributed by atoms with van der Waals surface area (Å²) in [7, 11) is 0. The van der Waals surface area contributed by atoms with E-state index in [1.54, 1.807) is 154 Å². The van der Waals surface area contributed by atoms with Gasteiger partial charge in [-0.15, -0.1) is 0 Å². The van der Waals surface area contributed by atoms with Gasteiger partial charge in [0.05, 0.1) is 0 Å². The van der Waals surface area contributed by atoms with Crippen LogP contribution in [0, 0.1) is 117 Å². The van der Waals surface area contributed by atoms with Crippen LogP contribution in [0.25, 0.3) is 0 Å². The average molecular weight is 795 g/mol. The average Bonchev–Trinajstić information content (AvgIpc) is 3.28. The Morgan fingerprint density at radius 3 is 0.672 bits per heavy atom. The SMILES string of the molecule is CC(C)(C1CCCCC1)C1CCC(C2C3CCCCC3C(C3C4CCCCC4C(C4CCC(C(C)(C)C5CCCCC5)CC4)C4CCCCC43)C3CCCCC32)CC1. The fraction of sp³-hybridized carbons (Fsp3) is 1.00. The molecule has 0 spiro atoms. The summed E-state index contributed by atoms with van der Waals surface area (Å²) >= 11 is 0. The van der Waals surface area contributed by atoms with Gasteiger partial charge in [-0.25, -0.2) is 0 Å². The molecule has 0 bridgehead atoms. The Morgan fingerprint density at radius 1 is 0.207 bits per heavy atom. The number of rotatable bonds is 7. The molecule has 0 saturated heterocycles. The lowest BCUT2D eigenvalue weighted by atomic mass is 9.39. The van der Waals surface area contributed by atoms with E-state index in [1.807, 2.05) is 0 Å². The first-order chi connectivity index (χ1) is 28.3. The third kappa shape index (κ3) is 7.73. The van der Waals surface area contributed by atoms with Crippen LogP contribution in [0.4, 0.5) is 0 Å². The van der Waals surface area contributed by atoms with Gasteiger partial charge in [-0.05, 0) is 246 Å². The van der Waals surface area contributed by atoms with Crippen LogP contribution in [0.1, 0.15) is 246 Å². The van der Waals surface area contributed by atoms with Gasteiger partial charge >= 0.3 is 0 Å². The topological polar surface area (TPSA) is 0 Å². The van der Waals surface area contributed by atoms with Crippen LogP contribution in [0.15, 0.2) is 0 Å². The standard InChI is InChI=1S/C58H98/c1-57(2,41-19-7-5-8-20-41)43-35-31-39(32-36-43)53-45-23-11-15-27-49(45)55(50-28-16-12-24-46(50)53)56-51-29-17-13-25-47(51)54(48-26-14-18-30-52(48)56)40-33-37-44(38-34-40)58(3,4)42-21-9-6-10-22-42/h39-56H,5-38H2,1-4H3. The molecule has 0 aromatic rings. The Hall–Kier alpha value is 0. The fourth-order valence-corrected chi connectivity index (χ4v) is 21.2. The molecular formula is C58H98. The molecule has 0 heterocycles. The minimum atomic E-state index is 0.584. The molecule has 0 aromatic carbocycles. The van der Waals surface area contributed by atoms with Crippen molar-refractivity contribution in [1.82, 2.24) is 0 Å². The minimum Gasteiger partial charge on any atom is -0.0594 e. The van der Waals surface area contributed by atoms with Crippen molar-refractivity contribution in [3.05, 3.63) is 0 Å². The monoisotopic (exact) mass is 795 g/mol. The zero-order valence-electron chi connectivity index (χ0n) is 39.4. The van der Waals surface area contributed by atoms with Gasteiger partial charge in [0.15, 0.2) is 0 Å². The quantitative estimate of drug-likeness (QED) is 0.241. The lowest BCUT2D eigenvalue weighted by Gasteiger charge is -2.66. The zero-order chi connectivity index (χ0) is 39.4. The molecule has 58 heavy (non-hydrogen) atoms. The van der Waals surface area contributed by atoms with E-state index in [9.17, 15) is 0 Å². The van der Waals surface area contributed by atoms with Crippen LogP contribution in [-0.2, 0) is 0 Å². The molecule has 8 atom stereocenters. The smallest absolute Gasteiger partial charge is 0.0298 e. The first kappa shape index (κ1) is 42.0. The highest BCUT2D eigenvalue weighted by Gasteiger charge is 2.62. The first-order valence-corrected chi connectivity index (χ1v) is 28.3. The molecule has 0 radical (unpaired) electrons. The summed E-state index contributed by atoms with van der Waals surface area (Å²) in [5, 5.41) is 0. The van der Waals surface area contributed by atoms with E-state index in [-0.39, 0.29) is 0 Å². The van der Waals surface area contributed by atoms with Crippen LogP contribution in [0.2, 0.25) is 0 Å². The highest BCUT2D eigenvalue weighted by atomic mass is 14.7. The van der Waals surface area contributed by atoms with Crippen LogP contribution < -0.4 is 0 Å². The number of fused-ring (bicyclic) bond motifs is 4. The highest BCUT2D eigenvalue weighted by Crippen LogP contribution is 2.69. The molecule has 0 amide bonds. The van der Waals surface area contributed by atoms with Crippen LogP contribution in [0.5, 0.6) is 0 Å². The second-order valence-corrected chi connectivity index (χ2v) is 26.3. The summed E-state index contributed by atoms with van der Waals surface area (Å²) in [6.07, 6.45) is 53.8. The molecule has 0 aromatic heterocycles. The third-order valence-electron chi connectivity index (χ3n) is 24.0. The molecule has 10 fully saturated rings. The van der Waals surface area contributed by atoms with Gasteiger partial charge < -0.3 is 0 Å². The summed E-state index contributed by atoms with van der Waals surface area (Å²) < 4.78 is 0. The van der Waals surface area contributed by atoms with E-state index >= 15 is 0 Å². The van der Waals surface area contributed by atoms with Crippen molar-refractivity contribution >= 4 is 0 Å². The minimum absolute atomic E-state index is 0.584. The van der Waals surface area contributed by atoms with E-state index in [2.05, 4.69) is 27.7 Å². The Bertz CT molecular complexity index is 1140. The summed E-state index contributed by atoms with van der Waals surface area (Å²) in [6.45, 7) is 11.0. The lowest BCUT2D eigenvalue weighted by molar-refractivity contribution is -0.175. The van der Waals surface area contributed by atoms with E-state index in [0.29, 0.717) is 10.8 Å². The Morgan fingerprint density at radius 2 is 0.414 bits per heavy atom. The van der Waals surface area contributed by atoms with Crippen molar-refractivity contribution in [3.63, 3.8) is 0 Å². The maximum atomic E-state index is 2.74. The van der Waals surface area contributed by atoms with Gasteiger partial charge in [0.2, 0.25) is 0 Å². The molecule has 8 unspecified atom stereocenters. The van der Waals surface area contributed by atoms with Crippen molar-refractivity contribution in [2.45, 2.75) is 246 Å². The van der Waals surface area contributed by atoms with Crippen molar-refractivity contribution in [3.8, 4) is 0 Å². The van der Waals surface area contributed by atoms with Crippen LogP contribution >= 0.6 is 0 Å². The summed E-state index contributed by atoms with van der Waals surface area (Å²) in [5.41, 5.74) is 1.17. The second-order valence-electron chi connectivity index (χ2n) is 26.3. The molecule has 0 aliphatic heterocycles. The van der Waals surface area contributed by atoms with E-state index < -0.39 is 0 Å². The lowest BCUT2D eigenvalue weighted by Crippen LogP contribution is -2.60. The zero-order valence-corrected chi connectivity index (χ0v) is 39.4. The van der Waals surface area contributed by atoms with Gasteiger partial charge in [0, 0.05) is 0 Å². The first-order valence-electron chi connectivity index (χ1n) is 28.3. The summed E-state index contributed by atoms with van der Waals surface area (Å²) in [4.78, 5) is 0. The second kappa shape index (κ2) is 17.9. The molecule has 10 aliphatic carbocycles. The molecule has 330 valence electrons. The number of hydrogen-bond acceptors (Lipinski definition) is 0. The van der Waals surface area contributed by atoms with Gasteiger partial charge in [-0.1, -0.05) is 118 Å². The van der Waals surface area contributed by atoms with Gasteiger partial charge in [-0.3, -0.25) is 0 Å². The van der Waals surface area contributed by atoms with Crippen molar-refractivity contribution in [1.29, 1.82) is 0 Å². The Balaban J connectivity index is 0.897. The molecule has 10 saturated carbocycles. The number of hydrogen-bond donors (Lipinski definition) is 0. The maximum Gasteiger partial charge on any atom is -0.0298 e. The Labute approximate surface area is 361 Å². The van der Waals surface area contributed by atoms with Gasteiger partial charge in [-0.2, -0.15) is 0 Å². The molecule has 0 N–H and O–H groups in total. The van der Waals surface area contributed by atoms with Gasteiger partial charge in [0.25, 0.3) is 0 Å². The van der Waals surface area contributed by atoms with Crippen LogP contribution in [-0.4, -0.2) is 0 Å². The molecular weight excluding hydrogens is 697 g/mol. The predicted molar refractivity (Wildman–Crippen MR) is 247 cm³/mol. The van der Waals surface area contributed by atoms with Crippen molar-refractivity contribution in [2.24, 2.45) is 117 Å². The molecule has 0 heteroatoms. The molecule has 10 aliphatic rings. The van der Waals surface area contributed by atoms with Gasteiger partial charge in [0.1, 0.15) is 0 Å². The van der Waals surface area contributed by atoms with E-state index in [1.165, 1.54) is 64.2 Å². The maximum absolute atomic E-state index is 2.74. The molecule has 10 rings (SSSR count). The van der Waals surface area contributed by atoms with Crippen LogP contribution in [0.3, 0.4) is 0 Å². The summed E-state index contributed by atoms with van der Waals surface area (Å²) in [6, 6.07) is 0. The highest BCUT2D eigenvalue weighted by molar-refractivity contribution is 5.10. The fourth-order valence-electron chi connectivity index (χ4n) is 21.2. The summed E-state index contributed by atoms with van der Waals surface area (Å²) in [5.74, 6) is 19.5. The normalized spacial score (nSPS) is 47.6. The van der Waals surface area contributed by atoms with E-state index in [4.69, 9.17) is 0 Å².